The Morgan fingerprint density at radius 1 is 0.923 bits per heavy atom. The number of rotatable bonds is 5. The molecular weight excluding hydrogens is 328 g/mol. The molecule has 5 nitrogen and oxygen atoms in total. The molecule has 2 heterocycles. The van der Waals surface area contributed by atoms with Crippen LogP contribution in [-0.4, -0.2) is 55.2 Å². The van der Waals surface area contributed by atoms with E-state index >= 15 is 0 Å². The molecule has 2 aromatic rings. The number of fused-ring (bicyclic) bond motifs is 1. The Bertz CT molecular complexity index is 755. The van der Waals surface area contributed by atoms with E-state index in [0.29, 0.717) is 17.1 Å². The fourth-order valence-corrected chi connectivity index (χ4v) is 3.54. The number of amides is 1. The Hall–Kier alpha value is -2.53. The average Bonchev–Trinajstić information content (AvgIpc) is 3.17. The fraction of sp³-hybridized carbons (Fsp3) is 0.381. The molecule has 0 atom stereocenters. The minimum absolute atomic E-state index is 0.0761. The van der Waals surface area contributed by atoms with E-state index in [9.17, 15) is 4.79 Å². The smallest absolute Gasteiger partial charge is 0.254 e. The second-order valence-electron chi connectivity index (χ2n) is 6.79. The zero-order valence-electron chi connectivity index (χ0n) is 14.9. The van der Waals surface area contributed by atoms with Crippen LogP contribution in [-0.2, 0) is 6.42 Å². The number of hydrogen-bond donors (Lipinski definition) is 0. The van der Waals surface area contributed by atoms with Gasteiger partial charge in [0.05, 0.1) is 0 Å². The molecule has 0 aliphatic carbocycles. The van der Waals surface area contributed by atoms with Gasteiger partial charge >= 0.3 is 0 Å². The van der Waals surface area contributed by atoms with Crippen molar-refractivity contribution >= 4 is 5.91 Å². The first-order chi connectivity index (χ1) is 12.8. The zero-order chi connectivity index (χ0) is 17.8. The third kappa shape index (κ3) is 3.83. The van der Waals surface area contributed by atoms with Crippen LogP contribution in [0.1, 0.15) is 22.3 Å². The van der Waals surface area contributed by atoms with E-state index < -0.39 is 0 Å². The molecule has 0 unspecified atom stereocenters. The lowest BCUT2D eigenvalue weighted by Gasteiger charge is -2.34. The molecule has 1 fully saturated rings. The molecule has 4 rings (SSSR count). The molecule has 26 heavy (non-hydrogen) atoms. The minimum atomic E-state index is 0.0761. The van der Waals surface area contributed by atoms with E-state index in [1.54, 1.807) is 6.07 Å². The number of piperazine rings is 1. The number of carbonyl (C=O) groups excluding carboxylic acids is 1. The maximum absolute atomic E-state index is 12.7. The monoisotopic (exact) mass is 352 g/mol. The van der Waals surface area contributed by atoms with E-state index in [4.69, 9.17) is 9.47 Å². The summed E-state index contributed by atoms with van der Waals surface area (Å²) in [5, 5.41) is 0. The highest BCUT2D eigenvalue weighted by atomic mass is 16.7. The van der Waals surface area contributed by atoms with Gasteiger partial charge in [0, 0.05) is 31.7 Å². The van der Waals surface area contributed by atoms with Crippen molar-refractivity contribution in [1.82, 2.24) is 9.80 Å². The Labute approximate surface area is 154 Å². The molecule has 0 aromatic heterocycles. The lowest BCUT2D eigenvalue weighted by molar-refractivity contribution is 0.0635. The summed E-state index contributed by atoms with van der Waals surface area (Å²) in [6, 6.07) is 16.0. The third-order valence-corrected chi connectivity index (χ3v) is 5.06. The van der Waals surface area contributed by atoms with Crippen molar-refractivity contribution in [1.29, 1.82) is 0 Å². The summed E-state index contributed by atoms with van der Waals surface area (Å²) in [5.74, 6) is 1.45. The summed E-state index contributed by atoms with van der Waals surface area (Å²) in [7, 11) is 0. The normalized spacial score (nSPS) is 16.7. The summed E-state index contributed by atoms with van der Waals surface area (Å²) in [6.45, 7) is 4.74. The SMILES string of the molecule is O=C(c1ccc2c(c1)OCO2)N1CCN(CCCc2ccccc2)CC1. The van der Waals surface area contributed by atoms with Crippen molar-refractivity contribution in [2.75, 3.05) is 39.5 Å². The second-order valence-corrected chi connectivity index (χ2v) is 6.79. The highest BCUT2D eigenvalue weighted by Crippen LogP contribution is 2.32. The molecule has 0 bridgehead atoms. The van der Waals surface area contributed by atoms with Crippen LogP contribution in [0, 0.1) is 0 Å². The van der Waals surface area contributed by atoms with Crippen molar-refractivity contribution in [3.05, 3.63) is 59.7 Å². The number of hydrogen-bond acceptors (Lipinski definition) is 4. The van der Waals surface area contributed by atoms with Crippen molar-refractivity contribution in [3.8, 4) is 11.5 Å². The Morgan fingerprint density at radius 2 is 1.69 bits per heavy atom. The molecule has 5 heteroatoms. The summed E-state index contributed by atoms with van der Waals surface area (Å²) < 4.78 is 10.7. The van der Waals surface area contributed by atoms with Gasteiger partial charge < -0.3 is 14.4 Å². The Morgan fingerprint density at radius 3 is 2.50 bits per heavy atom. The van der Waals surface area contributed by atoms with Crippen LogP contribution < -0.4 is 9.47 Å². The van der Waals surface area contributed by atoms with Gasteiger partial charge in [-0.15, -0.1) is 0 Å². The zero-order valence-corrected chi connectivity index (χ0v) is 14.9. The largest absolute Gasteiger partial charge is 0.454 e. The van der Waals surface area contributed by atoms with Gasteiger partial charge in [-0.1, -0.05) is 30.3 Å². The Balaban J connectivity index is 1.25. The van der Waals surface area contributed by atoms with Gasteiger partial charge in [0.25, 0.3) is 5.91 Å². The van der Waals surface area contributed by atoms with Crippen LogP contribution in [0.3, 0.4) is 0 Å². The number of carbonyl (C=O) groups is 1. The van der Waals surface area contributed by atoms with Crippen LogP contribution >= 0.6 is 0 Å². The average molecular weight is 352 g/mol. The van der Waals surface area contributed by atoms with E-state index in [0.717, 1.165) is 45.6 Å². The van der Waals surface area contributed by atoms with E-state index in [2.05, 4.69) is 35.2 Å². The van der Waals surface area contributed by atoms with Crippen LogP contribution in [0.15, 0.2) is 48.5 Å². The number of aryl methyl sites for hydroxylation is 1. The summed E-state index contributed by atoms with van der Waals surface area (Å²) in [5.41, 5.74) is 2.07. The lowest BCUT2D eigenvalue weighted by atomic mass is 10.1. The first-order valence-corrected chi connectivity index (χ1v) is 9.25. The highest BCUT2D eigenvalue weighted by Gasteiger charge is 2.23. The van der Waals surface area contributed by atoms with Gasteiger partial charge in [-0.2, -0.15) is 0 Å². The predicted octanol–water partition coefficient (Wildman–Crippen LogP) is 2.81. The minimum Gasteiger partial charge on any atom is -0.454 e. The van der Waals surface area contributed by atoms with Gasteiger partial charge in [-0.25, -0.2) is 0 Å². The highest BCUT2D eigenvalue weighted by molar-refractivity contribution is 5.95. The van der Waals surface area contributed by atoms with Crippen LogP contribution in [0.25, 0.3) is 0 Å². The van der Waals surface area contributed by atoms with E-state index in [1.165, 1.54) is 5.56 Å². The summed E-state index contributed by atoms with van der Waals surface area (Å²) in [4.78, 5) is 17.1. The molecule has 136 valence electrons. The van der Waals surface area contributed by atoms with E-state index in [1.807, 2.05) is 17.0 Å². The summed E-state index contributed by atoms with van der Waals surface area (Å²) >= 11 is 0. The number of nitrogens with zero attached hydrogens (tertiary/aromatic N) is 2. The second kappa shape index (κ2) is 7.79. The van der Waals surface area contributed by atoms with Crippen molar-refractivity contribution in [2.45, 2.75) is 12.8 Å². The molecule has 1 amide bonds. The van der Waals surface area contributed by atoms with Gasteiger partial charge in [-0.3, -0.25) is 9.69 Å². The van der Waals surface area contributed by atoms with E-state index in [-0.39, 0.29) is 12.7 Å². The van der Waals surface area contributed by atoms with Crippen molar-refractivity contribution in [3.63, 3.8) is 0 Å². The van der Waals surface area contributed by atoms with Crippen molar-refractivity contribution < 1.29 is 14.3 Å². The molecule has 1 saturated heterocycles. The first-order valence-electron chi connectivity index (χ1n) is 9.25. The first kappa shape index (κ1) is 16.9. The molecule has 2 aliphatic rings. The van der Waals surface area contributed by atoms with Crippen LogP contribution in [0.4, 0.5) is 0 Å². The molecule has 2 aliphatic heterocycles. The topological polar surface area (TPSA) is 42.0 Å². The van der Waals surface area contributed by atoms with Gasteiger partial charge in [0.2, 0.25) is 6.79 Å². The molecular formula is C21H24N2O3. The standard InChI is InChI=1S/C21H24N2O3/c24-21(18-8-9-19-20(15-18)26-16-25-19)23-13-11-22(12-14-23)10-4-7-17-5-2-1-3-6-17/h1-3,5-6,8-9,15H,4,7,10-14,16H2. The lowest BCUT2D eigenvalue weighted by Crippen LogP contribution is -2.48. The summed E-state index contributed by atoms with van der Waals surface area (Å²) in [6.07, 6.45) is 2.26. The maximum atomic E-state index is 12.7. The molecule has 0 spiro atoms. The fourth-order valence-electron chi connectivity index (χ4n) is 3.54. The molecule has 0 radical (unpaired) electrons. The maximum Gasteiger partial charge on any atom is 0.254 e. The number of benzene rings is 2. The van der Waals surface area contributed by atoms with Crippen molar-refractivity contribution in [2.24, 2.45) is 0 Å². The van der Waals surface area contributed by atoms with Gasteiger partial charge in [0.1, 0.15) is 0 Å². The molecule has 0 N–H and O–H groups in total. The third-order valence-electron chi connectivity index (χ3n) is 5.06. The quantitative estimate of drug-likeness (QED) is 0.830. The predicted molar refractivity (Wildman–Crippen MR) is 99.7 cm³/mol. The molecule has 0 saturated carbocycles. The Kier molecular flexibility index (Phi) is 5.07. The van der Waals surface area contributed by atoms with Gasteiger partial charge in [-0.05, 0) is 43.1 Å². The molecule has 2 aromatic carbocycles. The van der Waals surface area contributed by atoms with Crippen LogP contribution in [0.2, 0.25) is 0 Å². The van der Waals surface area contributed by atoms with Gasteiger partial charge in [0.15, 0.2) is 11.5 Å². The number of ether oxygens (including phenoxy) is 2. The van der Waals surface area contributed by atoms with Crippen LogP contribution in [0.5, 0.6) is 11.5 Å².